The maximum absolute atomic E-state index is 11.7. The molecule has 1 rings (SSSR count). The van der Waals surface area contributed by atoms with Crippen molar-refractivity contribution < 1.29 is 4.79 Å². The van der Waals surface area contributed by atoms with E-state index >= 15 is 0 Å². The van der Waals surface area contributed by atoms with Crippen LogP contribution in [0.4, 0.5) is 0 Å². The molecule has 0 amide bonds. The van der Waals surface area contributed by atoms with Gasteiger partial charge in [0.1, 0.15) is 0 Å². The predicted octanol–water partition coefficient (Wildman–Crippen LogP) is 2.93. The van der Waals surface area contributed by atoms with Crippen molar-refractivity contribution in [2.75, 3.05) is 0 Å². The van der Waals surface area contributed by atoms with Crippen LogP contribution in [0.15, 0.2) is 31.1 Å². The third-order valence-corrected chi connectivity index (χ3v) is 2.13. The molecule has 74 valence electrons. The first kappa shape index (κ1) is 10.6. The van der Waals surface area contributed by atoms with Crippen molar-refractivity contribution in [1.82, 2.24) is 4.98 Å². The number of allylic oxidation sites excluding steroid dienone is 1. The number of unbranched alkanes of at least 4 members (excludes halogenated alkanes) is 1. The molecule has 2 heteroatoms. The maximum atomic E-state index is 11.7. The van der Waals surface area contributed by atoms with E-state index in [1.807, 2.05) is 13.0 Å². The second kappa shape index (κ2) is 5.32. The maximum Gasteiger partial charge on any atom is 0.163 e. The molecule has 0 aliphatic carbocycles. The number of hydrogen-bond acceptors (Lipinski definition) is 2. The molecule has 1 aromatic heterocycles. The normalized spacial score (nSPS) is 9.79. The standard InChI is InChI=1S/C12H15NO/c1-3-4-5-6-12(14)11-7-8-13-9-10(11)2/h3,7-9H,1,4-6H2,2H3. The molecular weight excluding hydrogens is 174 g/mol. The first-order valence-corrected chi connectivity index (χ1v) is 4.80. The Morgan fingerprint density at radius 3 is 3.07 bits per heavy atom. The number of pyridine rings is 1. The molecule has 1 aromatic rings. The third kappa shape index (κ3) is 2.80. The van der Waals surface area contributed by atoms with Gasteiger partial charge in [-0.1, -0.05) is 6.08 Å². The van der Waals surface area contributed by atoms with Gasteiger partial charge in [0.15, 0.2) is 5.78 Å². The number of carbonyl (C=O) groups excluding carboxylic acids is 1. The molecular formula is C12H15NO. The molecule has 0 unspecified atom stereocenters. The van der Waals surface area contributed by atoms with Crippen molar-refractivity contribution in [2.45, 2.75) is 26.2 Å². The van der Waals surface area contributed by atoms with E-state index in [0.29, 0.717) is 6.42 Å². The summed E-state index contributed by atoms with van der Waals surface area (Å²) in [6, 6.07) is 1.78. The highest BCUT2D eigenvalue weighted by molar-refractivity contribution is 5.97. The van der Waals surface area contributed by atoms with Gasteiger partial charge in [0, 0.05) is 24.4 Å². The number of nitrogens with zero attached hydrogens (tertiary/aromatic N) is 1. The molecule has 0 aliphatic heterocycles. The summed E-state index contributed by atoms with van der Waals surface area (Å²) >= 11 is 0. The zero-order valence-electron chi connectivity index (χ0n) is 8.49. The Morgan fingerprint density at radius 1 is 1.64 bits per heavy atom. The van der Waals surface area contributed by atoms with Crippen LogP contribution < -0.4 is 0 Å². The smallest absolute Gasteiger partial charge is 0.163 e. The Bertz CT molecular complexity index is 331. The van der Waals surface area contributed by atoms with Gasteiger partial charge in [0.25, 0.3) is 0 Å². The fourth-order valence-corrected chi connectivity index (χ4v) is 1.33. The van der Waals surface area contributed by atoms with E-state index in [-0.39, 0.29) is 5.78 Å². The summed E-state index contributed by atoms with van der Waals surface area (Å²) < 4.78 is 0. The second-order valence-electron chi connectivity index (χ2n) is 3.29. The van der Waals surface area contributed by atoms with Gasteiger partial charge in [-0.05, 0) is 31.4 Å². The van der Waals surface area contributed by atoms with E-state index < -0.39 is 0 Å². The fraction of sp³-hybridized carbons (Fsp3) is 0.333. The van der Waals surface area contributed by atoms with Crippen LogP contribution in [0, 0.1) is 6.92 Å². The molecule has 0 aliphatic rings. The Hall–Kier alpha value is -1.44. The highest BCUT2D eigenvalue weighted by atomic mass is 16.1. The molecule has 0 N–H and O–H groups in total. The van der Waals surface area contributed by atoms with Crippen LogP contribution in [0.1, 0.15) is 35.2 Å². The van der Waals surface area contributed by atoms with Crippen LogP contribution in [0.25, 0.3) is 0 Å². The van der Waals surface area contributed by atoms with E-state index in [1.165, 1.54) is 0 Å². The van der Waals surface area contributed by atoms with E-state index in [9.17, 15) is 4.79 Å². The summed E-state index contributed by atoms with van der Waals surface area (Å²) in [6.45, 7) is 5.54. The van der Waals surface area contributed by atoms with Crippen LogP contribution in [0.2, 0.25) is 0 Å². The molecule has 0 saturated heterocycles. The van der Waals surface area contributed by atoms with Crippen molar-refractivity contribution in [2.24, 2.45) is 0 Å². The first-order chi connectivity index (χ1) is 6.75. The summed E-state index contributed by atoms with van der Waals surface area (Å²) in [5.41, 5.74) is 1.75. The summed E-state index contributed by atoms with van der Waals surface area (Å²) in [4.78, 5) is 15.6. The largest absolute Gasteiger partial charge is 0.294 e. The van der Waals surface area contributed by atoms with Gasteiger partial charge in [0.2, 0.25) is 0 Å². The minimum Gasteiger partial charge on any atom is -0.294 e. The zero-order valence-corrected chi connectivity index (χ0v) is 8.49. The molecule has 0 saturated carbocycles. The van der Waals surface area contributed by atoms with Gasteiger partial charge < -0.3 is 0 Å². The highest BCUT2D eigenvalue weighted by Gasteiger charge is 2.07. The molecule has 0 bridgehead atoms. The van der Waals surface area contributed by atoms with Crippen LogP contribution in [-0.4, -0.2) is 10.8 Å². The molecule has 0 aromatic carbocycles. The van der Waals surface area contributed by atoms with Gasteiger partial charge >= 0.3 is 0 Å². The Morgan fingerprint density at radius 2 is 2.43 bits per heavy atom. The number of aryl methyl sites for hydroxylation is 1. The van der Waals surface area contributed by atoms with Crippen molar-refractivity contribution >= 4 is 5.78 Å². The number of ketones is 1. The lowest BCUT2D eigenvalue weighted by atomic mass is 10.0. The molecule has 0 atom stereocenters. The monoisotopic (exact) mass is 189 g/mol. The zero-order chi connectivity index (χ0) is 10.4. The van der Waals surface area contributed by atoms with Crippen molar-refractivity contribution in [1.29, 1.82) is 0 Å². The molecule has 2 nitrogen and oxygen atoms in total. The number of rotatable bonds is 5. The molecule has 0 spiro atoms. The van der Waals surface area contributed by atoms with Crippen LogP contribution in [-0.2, 0) is 0 Å². The van der Waals surface area contributed by atoms with Gasteiger partial charge in [-0.25, -0.2) is 0 Å². The Kier molecular flexibility index (Phi) is 4.05. The van der Waals surface area contributed by atoms with Crippen LogP contribution >= 0.6 is 0 Å². The van der Waals surface area contributed by atoms with Crippen LogP contribution in [0.5, 0.6) is 0 Å². The topological polar surface area (TPSA) is 30.0 Å². The lowest BCUT2D eigenvalue weighted by molar-refractivity contribution is 0.0979. The van der Waals surface area contributed by atoms with Gasteiger partial charge in [-0.15, -0.1) is 6.58 Å². The number of aromatic nitrogens is 1. The summed E-state index contributed by atoms with van der Waals surface area (Å²) in [6.07, 6.45) is 7.60. The predicted molar refractivity (Wildman–Crippen MR) is 57.4 cm³/mol. The number of hydrogen-bond donors (Lipinski definition) is 0. The third-order valence-electron chi connectivity index (χ3n) is 2.13. The van der Waals surface area contributed by atoms with Gasteiger partial charge in [0.05, 0.1) is 0 Å². The molecule has 14 heavy (non-hydrogen) atoms. The minimum atomic E-state index is 0.201. The molecule has 1 heterocycles. The summed E-state index contributed by atoms with van der Waals surface area (Å²) in [7, 11) is 0. The van der Waals surface area contributed by atoms with E-state index in [2.05, 4.69) is 11.6 Å². The quantitative estimate of drug-likeness (QED) is 0.405. The minimum absolute atomic E-state index is 0.201. The number of Topliss-reactive ketones (excluding diaryl/α,β-unsaturated/α-hetero) is 1. The SMILES string of the molecule is C=CCCCC(=O)c1ccncc1C. The van der Waals surface area contributed by atoms with E-state index in [0.717, 1.165) is 24.0 Å². The molecule has 0 radical (unpaired) electrons. The fourth-order valence-electron chi connectivity index (χ4n) is 1.33. The average Bonchev–Trinajstić information content (AvgIpc) is 2.18. The Balaban J connectivity index is 2.60. The van der Waals surface area contributed by atoms with E-state index in [4.69, 9.17) is 0 Å². The van der Waals surface area contributed by atoms with Crippen molar-refractivity contribution in [3.05, 3.63) is 42.2 Å². The lowest BCUT2D eigenvalue weighted by Gasteiger charge is -2.02. The van der Waals surface area contributed by atoms with Gasteiger partial charge in [-0.3, -0.25) is 9.78 Å². The first-order valence-electron chi connectivity index (χ1n) is 4.80. The second-order valence-corrected chi connectivity index (χ2v) is 3.29. The summed E-state index contributed by atoms with van der Waals surface area (Å²) in [5.74, 6) is 0.201. The van der Waals surface area contributed by atoms with E-state index in [1.54, 1.807) is 18.5 Å². The average molecular weight is 189 g/mol. The Labute approximate surface area is 84.7 Å². The van der Waals surface area contributed by atoms with Crippen molar-refractivity contribution in [3.8, 4) is 0 Å². The highest BCUT2D eigenvalue weighted by Crippen LogP contribution is 2.10. The van der Waals surface area contributed by atoms with Crippen molar-refractivity contribution in [3.63, 3.8) is 0 Å². The lowest BCUT2D eigenvalue weighted by Crippen LogP contribution is -2.01. The summed E-state index contributed by atoms with van der Waals surface area (Å²) in [5, 5.41) is 0. The molecule has 0 fully saturated rings. The van der Waals surface area contributed by atoms with Crippen LogP contribution in [0.3, 0.4) is 0 Å². The van der Waals surface area contributed by atoms with Gasteiger partial charge in [-0.2, -0.15) is 0 Å². The number of carbonyl (C=O) groups is 1.